The van der Waals surface area contributed by atoms with Crippen LogP contribution in [0.2, 0.25) is 0 Å². The summed E-state index contributed by atoms with van der Waals surface area (Å²) in [6.45, 7) is 4.18. The molecule has 2 heterocycles. The van der Waals surface area contributed by atoms with E-state index < -0.39 is 0 Å². The van der Waals surface area contributed by atoms with Crippen LogP contribution in [0, 0.1) is 0 Å². The molecule has 1 aromatic carbocycles. The minimum atomic E-state index is 1.02. The predicted molar refractivity (Wildman–Crippen MR) is 81.3 cm³/mol. The molecule has 1 aliphatic heterocycles. The maximum absolute atomic E-state index is 3.45. The number of thiophene rings is 1. The number of hydrogen-bond acceptors (Lipinski definition) is 3. The van der Waals surface area contributed by atoms with Crippen molar-refractivity contribution in [3.63, 3.8) is 0 Å². The number of fused-ring (bicyclic) bond motifs is 1. The molecule has 1 aliphatic rings. The standard InChI is InChI=1S/C16H20N2S/c1-18(11-14-5-7-19-12-14)10-13-2-3-15-4-6-17-9-16(15)8-13/h2-3,5,7-8,12,17H,4,6,9-11H2,1H3. The van der Waals surface area contributed by atoms with E-state index in [0.29, 0.717) is 0 Å². The number of rotatable bonds is 4. The van der Waals surface area contributed by atoms with Gasteiger partial charge in [-0.05, 0) is 59.1 Å². The molecule has 0 amide bonds. The average Bonchev–Trinajstić information content (AvgIpc) is 2.91. The second kappa shape index (κ2) is 5.87. The lowest BCUT2D eigenvalue weighted by Gasteiger charge is -2.20. The fourth-order valence-electron chi connectivity index (χ4n) is 2.69. The minimum absolute atomic E-state index is 1.02. The van der Waals surface area contributed by atoms with Crippen LogP contribution in [0.15, 0.2) is 35.0 Å². The topological polar surface area (TPSA) is 15.3 Å². The highest BCUT2D eigenvalue weighted by Gasteiger charge is 2.09. The van der Waals surface area contributed by atoms with Gasteiger partial charge in [-0.2, -0.15) is 11.3 Å². The van der Waals surface area contributed by atoms with Gasteiger partial charge >= 0.3 is 0 Å². The van der Waals surface area contributed by atoms with Gasteiger partial charge in [-0.3, -0.25) is 4.90 Å². The summed E-state index contributed by atoms with van der Waals surface area (Å²) in [4.78, 5) is 2.38. The molecule has 19 heavy (non-hydrogen) atoms. The summed E-state index contributed by atoms with van der Waals surface area (Å²) in [7, 11) is 2.19. The molecular weight excluding hydrogens is 252 g/mol. The molecule has 2 nitrogen and oxygen atoms in total. The SMILES string of the molecule is CN(Cc1ccsc1)Cc1ccc2c(c1)CNCC2. The van der Waals surface area contributed by atoms with Crippen molar-refractivity contribution in [1.29, 1.82) is 0 Å². The van der Waals surface area contributed by atoms with Crippen LogP contribution < -0.4 is 5.32 Å². The Balaban J connectivity index is 1.66. The zero-order valence-corrected chi connectivity index (χ0v) is 12.2. The van der Waals surface area contributed by atoms with E-state index in [9.17, 15) is 0 Å². The lowest BCUT2D eigenvalue weighted by atomic mass is 9.98. The van der Waals surface area contributed by atoms with Crippen molar-refractivity contribution >= 4 is 11.3 Å². The van der Waals surface area contributed by atoms with Gasteiger partial charge < -0.3 is 5.32 Å². The Bertz CT molecular complexity index is 534. The van der Waals surface area contributed by atoms with Crippen LogP contribution in [-0.2, 0) is 26.1 Å². The van der Waals surface area contributed by atoms with Crippen LogP contribution >= 0.6 is 11.3 Å². The lowest BCUT2D eigenvalue weighted by molar-refractivity contribution is 0.319. The monoisotopic (exact) mass is 272 g/mol. The van der Waals surface area contributed by atoms with Gasteiger partial charge in [-0.15, -0.1) is 0 Å². The van der Waals surface area contributed by atoms with Gasteiger partial charge in [0.15, 0.2) is 0 Å². The molecule has 3 heteroatoms. The maximum Gasteiger partial charge on any atom is 0.0242 e. The molecule has 1 N–H and O–H groups in total. The first-order valence-electron chi connectivity index (χ1n) is 6.82. The molecular formula is C16H20N2S. The quantitative estimate of drug-likeness (QED) is 0.920. The summed E-state index contributed by atoms with van der Waals surface area (Å²) in [6, 6.07) is 9.17. The molecule has 0 saturated heterocycles. The van der Waals surface area contributed by atoms with Crippen LogP contribution in [0.4, 0.5) is 0 Å². The molecule has 0 radical (unpaired) electrons. The fourth-order valence-corrected chi connectivity index (χ4v) is 3.35. The smallest absolute Gasteiger partial charge is 0.0242 e. The van der Waals surface area contributed by atoms with E-state index in [2.05, 4.69) is 52.3 Å². The highest BCUT2D eigenvalue weighted by atomic mass is 32.1. The zero-order valence-electron chi connectivity index (χ0n) is 11.4. The molecule has 3 rings (SSSR count). The van der Waals surface area contributed by atoms with E-state index in [1.807, 2.05) is 0 Å². The van der Waals surface area contributed by atoms with Crippen LogP contribution in [0.1, 0.15) is 22.3 Å². The van der Waals surface area contributed by atoms with Crippen molar-refractivity contribution in [2.75, 3.05) is 13.6 Å². The van der Waals surface area contributed by atoms with E-state index in [0.717, 1.165) is 26.2 Å². The predicted octanol–water partition coefficient (Wildman–Crippen LogP) is 3.03. The molecule has 1 aromatic heterocycles. The fraction of sp³-hybridized carbons (Fsp3) is 0.375. The van der Waals surface area contributed by atoms with E-state index in [1.54, 1.807) is 11.3 Å². The van der Waals surface area contributed by atoms with Gasteiger partial charge in [0.05, 0.1) is 0 Å². The van der Waals surface area contributed by atoms with Crippen LogP contribution in [-0.4, -0.2) is 18.5 Å². The number of nitrogens with one attached hydrogen (secondary N) is 1. The Morgan fingerprint density at radius 3 is 2.89 bits per heavy atom. The van der Waals surface area contributed by atoms with Crippen molar-refractivity contribution in [3.8, 4) is 0 Å². The normalized spacial score (nSPS) is 14.6. The second-order valence-corrected chi connectivity index (χ2v) is 6.11. The van der Waals surface area contributed by atoms with Crippen molar-refractivity contribution in [1.82, 2.24) is 10.2 Å². The summed E-state index contributed by atoms with van der Waals surface area (Å²) in [5.41, 5.74) is 5.82. The van der Waals surface area contributed by atoms with E-state index >= 15 is 0 Å². The van der Waals surface area contributed by atoms with Crippen LogP contribution in [0.3, 0.4) is 0 Å². The van der Waals surface area contributed by atoms with Gasteiger partial charge in [0.25, 0.3) is 0 Å². The van der Waals surface area contributed by atoms with Crippen LogP contribution in [0.25, 0.3) is 0 Å². The van der Waals surface area contributed by atoms with Crippen LogP contribution in [0.5, 0.6) is 0 Å². The zero-order chi connectivity index (χ0) is 13.1. The van der Waals surface area contributed by atoms with E-state index in [4.69, 9.17) is 0 Å². The number of hydrogen-bond donors (Lipinski definition) is 1. The third-order valence-corrected chi connectivity index (χ3v) is 4.37. The second-order valence-electron chi connectivity index (χ2n) is 5.33. The summed E-state index contributed by atoms with van der Waals surface area (Å²) < 4.78 is 0. The summed E-state index contributed by atoms with van der Waals surface area (Å²) >= 11 is 1.77. The Labute approximate surface area is 119 Å². The van der Waals surface area contributed by atoms with Crippen molar-refractivity contribution in [2.24, 2.45) is 0 Å². The average molecular weight is 272 g/mol. The van der Waals surface area contributed by atoms with E-state index in [-0.39, 0.29) is 0 Å². The van der Waals surface area contributed by atoms with Gasteiger partial charge in [0, 0.05) is 19.6 Å². The van der Waals surface area contributed by atoms with Crippen molar-refractivity contribution in [2.45, 2.75) is 26.1 Å². The highest BCUT2D eigenvalue weighted by molar-refractivity contribution is 7.07. The van der Waals surface area contributed by atoms with Gasteiger partial charge in [0.1, 0.15) is 0 Å². The first-order valence-corrected chi connectivity index (χ1v) is 7.76. The lowest BCUT2D eigenvalue weighted by Crippen LogP contribution is -2.24. The first kappa shape index (κ1) is 12.9. The van der Waals surface area contributed by atoms with Crippen molar-refractivity contribution in [3.05, 3.63) is 57.3 Å². The summed E-state index contributed by atoms with van der Waals surface area (Å²) in [5.74, 6) is 0. The molecule has 0 atom stereocenters. The molecule has 2 aromatic rings. The summed E-state index contributed by atoms with van der Waals surface area (Å²) in [5, 5.41) is 7.82. The largest absolute Gasteiger partial charge is 0.312 e. The molecule has 0 fully saturated rings. The molecule has 0 unspecified atom stereocenters. The molecule has 0 bridgehead atoms. The first-order chi connectivity index (χ1) is 9.31. The highest BCUT2D eigenvalue weighted by Crippen LogP contribution is 2.17. The summed E-state index contributed by atoms with van der Waals surface area (Å²) in [6.07, 6.45) is 1.17. The Kier molecular flexibility index (Phi) is 3.97. The third-order valence-electron chi connectivity index (χ3n) is 3.64. The minimum Gasteiger partial charge on any atom is -0.312 e. The van der Waals surface area contributed by atoms with Gasteiger partial charge in [-0.1, -0.05) is 18.2 Å². The molecule has 0 saturated carbocycles. The van der Waals surface area contributed by atoms with Gasteiger partial charge in [-0.25, -0.2) is 0 Å². The molecule has 0 spiro atoms. The Hall–Kier alpha value is -1.16. The third kappa shape index (κ3) is 3.24. The molecule has 0 aliphatic carbocycles. The Morgan fingerprint density at radius 2 is 2.05 bits per heavy atom. The number of benzene rings is 1. The van der Waals surface area contributed by atoms with Gasteiger partial charge in [0.2, 0.25) is 0 Å². The number of nitrogens with zero attached hydrogens (tertiary/aromatic N) is 1. The Morgan fingerprint density at radius 1 is 1.16 bits per heavy atom. The maximum atomic E-state index is 3.45. The van der Waals surface area contributed by atoms with E-state index in [1.165, 1.54) is 28.7 Å². The van der Waals surface area contributed by atoms with Crippen molar-refractivity contribution < 1.29 is 0 Å². The molecule has 100 valence electrons.